The molecular formula is C8H18N2O2. The molecule has 0 spiro atoms. The Morgan fingerprint density at radius 2 is 2.50 bits per heavy atom. The van der Waals surface area contributed by atoms with E-state index in [1.54, 1.807) is 0 Å². The average Bonchev–Trinajstić information content (AvgIpc) is 2.15. The normalized spacial score (nSPS) is 24.8. The van der Waals surface area contributed by atoms with Gasteiger partial charge in [-0.2, -0.15) is 0 Å². The van der Waals surface area contributed by atoms with Gasteiger partial charge in [0.2, 0.25) is 0 Å². The van der Waals surface area contributed by atoms with Crippen LogP contribution in [0.1, 0.15) is 6.92 Å². The predicted octanol–water partition coefficient (Wildman–Crippen LogP) is -0.753. The molecule has 0 aromatic carbocycles. The van der Waals surface area contributed by atoms with Gasteiger partial charge in [0.1, 0.15) is 6.23 Å². The second kappa shape index (κ2) is 5.48. The zero-order chi connectivity index (χ0) is 8.81. The van der Waals surface area contributed by atoms with Gasteiger partial charge >= 0.3 is 0 Å². The van der Waals surface area contributed by atoms with E-state index in [1.807, 2.05) is 0 Å². The molecular weight excluding hydrogens is 156 g/mol. The highest BCUT2D eigenvalue weighted by atomic mass is 16.5. The van der Waals surface area contributed by atoms with Gasteiger partial charge < -0.3 is 15.2 Å². The topological polar surface area (TPSA) is 44.7 Å². The quantitative estimate of drug-likeness (QED) is 0.588. The fourth-order valence-corrected chi connectivity index (χ4v) is 1.42. The van der Waals surface area contributed by atoms with Crippen LogP contribution in [0.5, 0.6) is 0 Å². The number of morpholine rings is 1. The van der Waals surface area contributed by atoms with Crippen molar-refractivity contribution < 1.29 is 9.84 Å². The first-order valence-electron chi connectivity index (χ1n) is 4.55. The number of nitrogens with zero attached hydrogens (tertiary/aromatic N) is 1. The lowest BCUT2D eigenvalue weighted by atomic mass is 10.4. The number of nitrogens with one attached hydrogen (secondary N) is 1. The maximum atomic E-state index is 8.78. The summed E-state index contributed by atoms with van der Waals surface area (Å²) in [5.41, 5.74) is 0. The third-order valence-electron chi connectivity index (χ3n) is 2.11. The number of hydrogen-bond donors (Lipinski definition) is 2. The third kappa shape index (κ3) is 2.71. The van der Waals surface area contributed by atoms with Crippen molar-refractivity contribution in [2.24, 2.45) is 0 Å². The molecule has 0 radical (unpaired) electrons. The summed E-state index contributed by atoms with van der Waals surface area (Å²) in [5.74, 6) is 0. The van der Waals surface area contributed by atoms with Gasteiger partial charge in [-0.1, -0.05) is 6.92 Å². The highest BCUT2D eigenvalue weighted by Crippen LogP contribution is 2.02. The van der Waals surface area contributed by atoms with Crippen molar-refractivity contribution in [3.05, 3.63) is 0 Å². The number of rotatable bonds is 4. The van der Waals surface area contributed by atoms with Crippen LogP contribution in [0.2, 0.25) is 0 Å². The highest BCUT2D eigenvalue weighted by Gasteiger charge is 2.19. The summed E-state index contributed by atoms with van der Waals surface area (Å²) in [4.78, 5) is 2.13. The molecule has 0 aromatic heterocycles. The lowest BCUT2D eigenvalue weighted by Crippen LogP contribution is -2.49. The van der Waals surface area contributed by atoms with Gasteiger partial charge in [0.05, 0.1) is 13.2 Å². The van der Waals surface area contributed by atoms with Crippen LogP contribution < -0.4 is 5.32 Å². The van der Waals surface area contributed by atoms with Gasteiger partial charge in [0.15, 0.2) is 0 Å². The Kier molecular flexibility index (Phi) is 4.53. The lowest BCUT2D eigenvalue weighted by Gasteiger charge is -2.33. The van der Waals surface area contributed by atoms with Crippen LogP contribution in [0.15, 0.2) is 0 Å². The number of aliphatic hydroxyl groups is 1. The average molecular weight is 174 g/mol. The molecule has 0 amide bonds. The van der Waals surface area contributed by atoms with Crippen molar-refractivity contribution in [1.29, 1.82) is 0 Å². The van der Waals surface area contributed by atoms with Crippen LogP contribution in [-0.2, 0) is 4.74 Å². The third-order valence-corrected chi connectivity index (χ3v) is 2.11. The van der Waals surface area contributed by atoms with E-state index in [2.05, 4.69) is 17.1 Å². The van der Waals surface area contributed by atoms with E-state index in [9.17, 15) is 0 Å². The van der Waals surface area contributed by atoms with Gasteiger partial charge in [-0.25, -0.2) is 0 Å². The van der Waals surface area contributed by atoms with Crippen LogP contribution in [0.25, 0.3) is 0 Å². The van der Waals surface area contributed by atoms with E-state index in [0.29, 0.717) is 6.54 Å². The van der Waals surface area contributed by atoms with Crippen molar-refractivity contribution in [1.82, 2.24) is 10.2 Å². The molecule has 1 rings (SSSR count). The number of aliphatic hydroxyl groups excluding tert-OH is 1. The van der Waals surface area contributed by atoms with Crippen molar-refractivity contribution >= 4 is 0 Å². The maximum absolute atomic E-state index is 8.78. The van der Waals surface area contributed by atoms with Gasteiger partial charge in [-0.3, -0.25) is 4.90 Å². The Morgan fingerprint density at radius 3 is 3.00 bits per heavy atom. The number of hydrogen-bond acceptors (Lipinski definition) is 4. The fourth-order valence-electron chi connectivity index (χ4n) is 1.42. The predicted molar refractivity (Wildman–Crippen MR) is 46.9 cm³/mol. The summed E-state index contributed by atoms with van der Waals surface area (Å²) in [7, 11) is 0. The smallest absolute Gasteiger partial charge is 0.123 e. The van der Waals surface area contributed by atoms with E-state index in [4.69, 9.17) is 9.84 Å². The molecule has 1 unspecified atom stereocenters. The second-order valence-electron chi connectivity index (χ2n) is 2.88. The summed E-state index contributed by atoms with van der Waals surface area (Å²) in [5, 5.41) is 12.0. The molecule has 1 atom stereocenters. The first-order valence-corrected chi connectivity index (χ1v) is 4.55. The van der Waals surface area contributed by atoms with Crippen LogP contribution in [0.4, 0.5) is 0 Å². The van der Waals surface area contributed by atoms with Crippen LogP contribution in [0.3, 0.4) is 0 Å². The Morgan fingerprint density at radius 1 is 1.67 bits per heavy atom. The molecule has 1 saturated heterocycles. The molecule has 0 aromatic rings. The Hall–Kier alpha value is -0.160. The van der Waals surface area contributed by atoms with E-state index in [-0.39, 0.29) is 12.8 Å². The number of likely N-dealkylation sites (N-methyl/N-ethyl adjacent to an activating group) is 1. The summed E-state index contributed by atoms with van der Waals surface area (Å²) < 4.78 is 5.54. The molecule has 72 valence electrons. The van der Waals surface area contributed by atoms with E-state index < -0.39 is 0 Å². The van der Waals surface area contributed by atoms with Gasteiger partial charge in [-0.05, 0) is 6.54 Å². The van der Waals surface area contributed by atoms with Crippen molar-refractivity contribution in [2.75, 3.05) is 39.4 Å². The van der Waals surface area contributed by atoms with E-state index in [1.165, 1.54) is 0 Å². The van der Waals surface area contributed by atoms with Gasteiger partial charge in [0.25, 0.3) is 0 Å². The molecule has 1 aliphatic rings. The zero-order valence-corrected chi connectivity index (χ0v) is 7.62. The number of ether oxygens (including phenoxy) is 1. The van der Waals surface area contributed by atoms with Crippen LogP contribution in [-0.4, -0.2) is 55.6 Å². The monoisotopic (exact) mass is 174 g/mol. The second-order valence-corrected chi connectivity index (χ2v) is 2.88. The standard InChI is InChI=1S/C8H18N2O2/c1-2-10(4-5-11)8-7-9-3-6-12-8/h8-9,11H,2-7H2,1H3. The molecule has 1 aliphatic heterocycles. The van der Waals surface area contributed by atoms with Crippen molar-refractivity contribution in [2.45, 2.75) is 13.2 Å². The highest BCUT2D eigenvalue weighted by molar-refractivity contribution is 4.68. The molecule has 1 fully saturated rings. The minimum atomic E-state index is 0.149. The molecule has 0 aliphatic carbocycles. The fraction of sp³-hybridized carbons (Fsp3) is 1.00. The van der Waals surface area contributed by atoms with E-state index >= 15 is 0 Å². The molecule has 4 heteroatoms. The summed E-state index contributed by atoms with van der Waals surface area (Å²) in [6, 6.07) is 0. The summed E-state index contributed by atoms with van der Waals surface area (Å²) in [6.07, 6.45) is 0.149. The SMILES string of the molecule is CCN(CCO)C1CNCCO1. The van der Waals surface area contributed by atoms with Gasteiger partial charge in [-0.15, -0.1) is 0 Å². The van der Waals surface area contributed by atoms with Crippen molar-refractivity contribution in [3.8, 4) is 0 Å². The Balaban J connectivity index is 2.29. The molecule has 4 nitrogen and oxygen atoms in total. The van der Waals surface area contributed by atoms with Crippen LogP contribution >= 0.6 is 0 Å². The minimum absolute atomic E-state index is 0.149. The summed E-state index contributed by atoms with van der Waals surface area (Å²) in [6.45, 7) is 6.48. The molecule has 0 bridgehead atoms. The van der Waals surface area contributed by atoms with Crippen molar-refractivity contribution in [3.63, 3.8) is 0 Å². The Labute approximate surface area is 73.5 Å². The minimum Gasteiger partial charge on any atom is -0.395 e. The molecule has 12 heavy (non-hydrogen) atoms. The molecule has 0 saturated carbocycles. The van der Waals surface area contributed by atoms with Gasteiger partial charge in [0, 0.05) is 19.6 Å². The largest absolute Gasteiger partial charge is 0.395 e. The molecule has 1 heterocycles. The Bertz CT molecular complexity index is 113. The van der Waals surface area contributed by atoms with E-state index in [0.717, 1.165) is 26.2 Å². The first kappa shape index (κ1) is 9.92. The maximum Gasteiger partial charge on any atom is 0.123 e. The van der Waals surface area contributed by atoms with Crippen LogP contribution in [0, 0.1) is 0 Å². The molecule has 2 N–H and O–H groups in total. The summed E-state index contributed by atoms with van der Waals surface area (Å²) >= 11 is 0. The first-order chi connectivity index (χ1) is 5.88. The lowest BCUT2D eigenvalue weighted by molar-refractivity contribution is -0.0771. The zero-order valence-electron chi connectivity index (χ0n) is 7.62.